The van der Waals surface area contributed by atoms with Crippen molar-refractivity contribution in [2.24, 2.45) is 5.73 Å². The lowest BCUT2D eigenvalue weighted by atomic mass is 10.1. The normalized spacial score (nSPS) is 12.5. The summed E-state index contributed by atoms with van der Waals surface area (Å²) < 4.78 is 5.18. The van der Waals surface area contributed by atoms with E-state index in [2.05, 4.69) is 20.1 Å². The Morgan fingerprint density at radius 3 is 2.84 bits per heavy atom. The maximum Gasteiger partial charge on any atom is 0.244 e. The van der Waals surface area contributed by atoms with Gasteiger partial charge in [-0.3, -0.25) is 0 Å². The van der Waals surface area contributed by atoms with Crippen LogP contribution in [0.4, 0.5) is 0 Å². The maximum atomic E-state index is 6.07. The van der Waals surface area contributed by atoms with Crippen LogP contribution in [-0.2, 0) is 6.42 Å². The van der Waals surface area contributed by atoms with Crippen molar-refractivity contribution in [3.8, 4) is 11.6 Å². The summed E-state index contributed by atoms with van der Waals surface area (Å²) in [6.07, 6.45) is 3.99. The lowest BCUT2D eigenvalue weighted by Crippen LogP contribution is -2.13. The molecule has 0 aliphatic rings. The van der Waals surface area contributed by atoms with Gasteiger partial charge >= 0.3 is 0 Å². The Bertz CT molecular complexity index is 632. The lowest BCUT2D eigenvalue weighted by Gasteiger charge is -2.05. The predicted octanol–water partition coefficient (Wildman–Crippen LogP) is 1.70. The largest absolute Gasteiger partial charge is 0.342 e. The van der Waals surface area contributed by atoms with E-state index in [4.69, 9.17) is 10.3 Å². The number of aromatic nitrogens is 4. The summed E-state index contributed by atoms with van der Waals surface area (Å²) in [4.78, 5) is 11.2. The van der Waals surface area contributed by atoms with Crippen molar-refractivity contribution in [3.05, 3.63) is 54.2 Å². The van der Waals surface area contributed by atoms with Crippen LogP contribution in [0.3, 0.4) is 0 Å². The molecule has 2 aromatic heterocycles. The SMILES string of the molecule is N[C@@H](Cc1ccccc1)c1nc(-c2ncc[nH]2)no1. The number of nitrogens with two attached hydrogens (primary N) is 1. The van der Waals surface area contributed by atoms with Crippen LogP contribution in [0.5, 0.6) is 0 Å². The standard InChI is InChI=1S/C13H13N5O/c14-10(8-9-4-2-1-3-5-9)13-17-12(18-19-13)11-15-6-7-16-11/h1-7,10H,8,14H2,(H,15,16)/t10-/m0/s1. The van der Waals surface area contributed by atoms with Crippen molar-refractivity contribution in [1.29, 1.82) is 0 Å². The summed E-state index contributed by atoms with van der Waals surface area (Å²) in [5.74, 6) is 1.40. The van der Waals surface area contributed by atoms with Gasteiger partial charge in [-0.2, -0.15) is 4.98 Å². The first-order valence-electron chi connectivity index (χ1n) is 5.96. The first kappa shape index (κ1) is 11.6. The first-order valence-corrected chi connectivity index (χ1v) is 5.96. The molecule has 3 aromatic rings. The third-order valence-corrected chi connectivity index (χ3v) is 2.77. The third-order valence-electron chi connectivity index (χ3n) is 2.77. The van der Waals surface area contributed by atoms with Gasteiger partial charge < -0.3 is 15.2 Å². The minimum atomic E-state index is -0.321. The Kier molecular flexibility index (Phi) is 3.07. The summed E-state index contributed by atoms with van der Waals surface area (Å²) in [5, 5.41) is 3.86. The van der Waals surface area contributed by atoms with Crippen LogP contribution >= 0.6 is 0 Å². The van der Waals surface area contributed by atoms with Crippen LogP contribution in [0.25, 0.3) is 11.6 Å². The fourth-order valence-corrected chi connectivity index (χ4v) is 1.82. The van der Waals surface area contributed by atoms with Gasteiger partial charge in [-0.15, -0.1) is 0 Å². The molecular weight excluding hydrogens is 242 g/mol. The Morgan fingerprint density at radius 1 is 1.26 bits per heavy atom. The molecule has 0 amide bonds. The second-order valence-corrected chi connectivity index (χ2v) is 4.19. The van der Waals surface area contributed by atoms with E-state index in [1.165, 1.54) is 0 Å². The van der Waals surface area contributed by atoms with E-state index in [-0.39, 0.29) is 6.04 Å². The smallest absolute Gasteiger partial charge is 0.244 e. The van der Waals surface area contributed by atoms with E-state index in [1.807, 2.05) is 30.3 Å². The highest BCUT2D eigenvalue weighted by atomic mass is 16.5. The molecule has 6 nitrogen and oxygen atoms in total. The molecule has 1 atom stereocenters. The van der Waals surface area contributed by atoms with Gasteiger partial charge in [-0.1, -0.05) is 35.5 Å². The molecule has 3 rings (SSSR count). The molecule has 6 heteroatoms. The minimum absolute atomic E-state index is 0.321. The molecule has 0 radical (unpaired) electrons. The molecule has 3 N–H and O–H groups in total. The Labute approximate surface area is 109 Å². The molecule has 0 fully saturated rings. The van der Waals surface area contributed by atoms with Crippen molar-refractivity contribution >= 4 is 0 Å². The van der Waals surface area contributed by atoms with Crippen molar-refractivity contribution in [2.45, 2.75) is 12.5 Å². The van der Waals surface area contributed by atoms with Gasteiger partial charge in [0.2, 0.25) is 11.7 Å². The summed E-state index contributed by atoms with van der Waals surface area (Å²) in [7, 11) is 0. The molecule has 0 saturated heterocycles. The van der Waals surface area contributed by atoms with Gasteiger partial charge in [0.1, 0.15) is 0 Å². The lowest BCUT2D eigenvalue weighted by molar-refractivity contribution is 0.354. The van der Waals surface area contributed by atoms with Gasteiger partial charge in [0.05, 0.1) is 6.04 Å². The molecular formula is C13H13N5O. The van der Waals surface area contributed by atoms with Crippen LogP contribution in [0.15, 0.2) is 47.2 Å². The van der Waals surface area contributed by atoms with E-state index < -0.39 is 0 Å². The molecule has 0 saturated carbocycles. The highest BCUT2D eigenvalue weighted by molar-refractivity contribution is 5.40. The van der Waals surface area contributed by atoms with Crippen molar-refractivity contribution in [3.63, 3.8) is 0 Å². The quantitative estimate of drug-likeness (QED) is 0.740. The fourth-order valence-electron chi connectivity index (χ4n) is 1.82. The third kappa shape index (κ3) is 2.53. The topological polar surface area (TPSA) is 93.6 Å². The van der Waals surface area contributed by atoms with Crippen LogP contribution in [0.2, 0.25) is 0 Å². The van der Waals surface area contributed by atoms with Gasteiger partial charge in [-0.25, -0.2) is 4.98 Å². The zero-order valence-electron chi connectivity index (χ0n) is 10.2. The summed E-state index contributed by atoms with van der Waals surface area (Å²) in [6.45, 7) is 0. The number of aromatic amines is 1. The van der Waals surface area contributed by atoms with E-state index >= 15 is 0 Å². The van der Waals surface area contributed by atoms with Crippen molar-refractivity contribution < 1.29 is 4.52 Å². The van der Waals surface area contributed by atoms with Crippen molar-refractivity contribution in [1.82, 2.24) is 20.1 Å². The van der Waals surface area contributed by atoms with Crippen LogP contribution in [-0.4, -0.2) is 20.1 Å². The van der Waals surface area contributed by atoms with E-state index in [0.29, 0.717) is 24.0 Å². The van der Waals surface area contributed by atoms with Crippen molar-refractivity contribution in [2.75, 3.05) is 0 Å². The molecule has 0 aliphatic carbocycles. The molecule has 19 heavy (non-hydrogen) atoms. The molecule has 96 valence electrons. The number of benzene rings is 1. The Morgan fingerprint density at radius 2 is 2.11 bits per heavy atom. The Balaban J connectivity index is 1.76. The average Bonchev–Trinajstić information content (AvgIpc) is 3.11. The number of nitrogens with zero attached hydrogens (tertiary/aromatic N) is 3. The van der Waals surface area contributed by atoms with E-state index in [0.717, 1.165) is 5.56 Å². The van der Waals surface area contributed by atoms with Gasteiger partial charge in [0, 0.05) is 12.4 Å². The second kappa shape index (κ2) is 5.03. The number of hydrogen-bond acceptors (Lipinski definition) is 5. The average molecular weight is 255 g/mol. The highest BCUT2D eigenvalue weighted by Crippen LogP contribution is 2.17. The van der Waals surface area contributed by atoms with Crippen LogP contribution in [0.1, 0.15) is 17.5 Å². The predicted molar refractivity (Wildman–Crippen MR) is 69.0 cm³/mol. The number of imidazole rings is 1. The van der Waals surface area contributed by atoms with Gasteiger partial charge in [-0.05, 0) is 12.0 Å². The monoisotopic (exact) mass is 255 g/mol. The van der Waals surface area contributed by atoms with E-state index in [1.54, 1.807) is 12.4 Å². The van der Waals surface area contributed by atoms with Crippen LogP contribution in [0, 0.1) is 0 Å². The fraction of sp³-hybridized carbons (Fsp3) is 0.154. The zero-order valence-corrected chi connectivity index (χ0v) is 10.2. The number of hydrogen-bond donors (Lipinski definition) is 2. The summed E-state index contributed by atoms with van der Waals surface area (Å²) >= 11 is 0. The maximum absolute atomic E-state index is 6.07. The number of rotatable bonds is 4. The number of H-pyrrole nitrogens is 1. The zero-order chi connectivity index (χ0) is 13.1. The van der Waals surface area contributed by atoms with E-state index in [9.17, 15) is 0 Å². The van der Waals surface area contributed by atoms with Gasteiger partial charge in [0.15, 0.2) is 5.82 Å². The summed E-state index contributed by atoms with van der Waals surface area (Å²) in [5.41, 5.74) is 7.20. The Hall–Kier alpha value is -2.47. The molecule has 1 aromatic carbocycles. The molecule has 0 bridgehead atoms. The molecule has 0 aliphatic heterocycles. The van der Waals surface area contributed by atoms with Crippen LogP contribution < -0.4 is 5.73 Å². The minimum Gasteiger partial charge on any atom is -0.342 e. The highest BCUT2D eigenvalue weighted by Gasteiger charge is 2.17. The van der Waals surface area contributed by atoms with Gasteiger partial charge in [0.25, 0.3) is 0 Å². The first-order chi connectivity index (χ1) is 9.33. The molecule has 0 spiro atoms. The number of nitrogens with one attached hydrogen (secondary N) is 1. The molecule has 0 unspecified atom stereocenters. The molecule has 2 heterocycles. The second-order valence-electron chi connectivity index (χ2n) is 4.19. The summed E-state index contributed by atoms with van der Waals surface area (Å²) in [6, 6.07) is 9.64.